The Morgan fingerprint density at radius 2 is 2.00 bits per heavy atom. The van der Waals surface area contributed by atoms with Gasteiger partial charge >= 0.3 is 0 Å². The monoisotopic (exact) mass is 242 g/mol. The Morgan fingerprint density at radius 1 is 1.22 bits per heavy atom. The van der Waals surface area contributed by atoms with Gasteiger partial charge in [0.2, 0.25) is 0 Å². The lowest BCUT2D eigenvalue weighted by Gasteiger charge is -2.17. The van der Waals surface area contributed by atoms with E-state index in [9.17, 15) is 0 Å². The smallest absolute Gasteiger partial charge is 0.124 e. The summed E-state index contributed by atoms with van der Waals surface area (Å²) < 4.78 is 5.35. The number of aryl methyl sites for hydroxylation is 1. The van der Waals surface area contributed by atoms with Crippen molar-refractivity contribution in [3.63, 3.8) is 0 Å². The highest BCUT2D eigenvalue weighted by atomic mass is 16.5. The van der Waals surface area contributed by atoms with Gasteiger partial charge < -0.3 is 10.5 Å². The molecule has 0 aliphatic rings. The average molecular weight is 242 g/mol. The van der Waals surface area contributed by atoms with Crippen LogP contribution in [0.15, 0.2) is 42.6 Å². The molecule has 18 heavy (non-hydrogen) atoms. The standard InChI is InChI=1S/C15H18N2O/c1-3-11-7-6-10-17-15(11)14(16)12-8-4-5-9-13(12)18-2/h4-10,14H,3,16H2,1-2H3. The van der Waals surface area contributed by atoms with Crippen LogP contribution >= 0.6 is 0 Å². The maximum absolute atomic E-state index is 6.33. The highest BCUT2D eigenvalue weighted by Crippen LogP contribution is 2.28. The summed E-state index contributed by atoms with van der Waals surface area (Å²) in [4.78, 5) is 4.42. The van der Waals surface area contributed by atoms with Crippen LogP contribution in [0.4, 0.5) is 0 Å². The molecule has 2 N–H and O–H groups in total. The van der Waals surface area contributed by atoms with Crippen molar-refractivity contribution in [1.29, 1.82) is 0 Å². The molecule has 0 bridgehead atoms. The lowest BCUT2D eigenvalue weighted by atomic mass is 9.98. The summed E-state index contributed by atoms with van der Waals surface area (Å²) in [5, 5.41) is 0. The van der Waals surface area contributed by atoms with Crippen LogP contribution in [0.25, 0.3) is 0 Å². The van der Waals surface area contributed by atoms with Crippen molar-refractivity contribution in [2.75, 3.05) is 7.11 Å². The minimum Gasteiger partial charge on any atom is -0.496 e. The maximum atomic E-state index is 6.33. The fourth-order valence-corrected chi connectivity index (χ4v) is 2.10. The molecule has 1 atom stereocenters. The molecule has 94 valence electrons. The van der Waals surface area contributed by atoms with E-state index in [4.69, 9.17) is 10.5 Å². The molecule has 0 radical (unpaired) electrons. The third-order valence-corrected chi connectivity index (χ3v) is 3.08. The van der Waals surface area contributed by atoms with Gasteiger partial charge in [0.15, 0.2) is 0 Å². The molecule has 3 nitrogen and oxygen atoms in total. The number of rotatable bonds is 4. The van der Waals surface area contributed by atoms with Crippen LogP contribution in [-0.4, -0.2) is 12.1 Å². The minimum atomic E-state index is -0.253. The summed E-state index contributed by atoms with van der Waals surface area (Å²) in [6.45, 7) is 2.11. The fraction of sp³-hybridized carbons (Fsp3) is 0.267. The largest absolute Gasteiger partial charge is 0.496 e. The second-order valence-corrected chi connectivity index (χ2v) is 4.12. The Bertz CT molecular complexity index is 478. The average Bonchev–Trinajstić information content (AvgIpc) is 2.46. The number of aromatic nitrogens is 1. The molecule has 0 saturated heterocycles. The second-order valence-electron chi connectivity index (χ2n) is 4.12. The lowest BCUT2D eigenvalue weighted by molar-refractivity contribution is 0.407. The zero-order valence-electron chi connectivity index (χ0n) is 10.8. The second kappa shape index (κ2) is 5.65. The van der Waals surface area contributed by atoms with Gasteiger partial charge in [-0.05, 0) is 24.1 Å². The van der Waals surface area contributed by atoms with Crippen molar-refractivity contribution < 1.29 is 4.74 Å². The number of hydrogen-bond donors (Lipinski definition) is 1. The molecule has 0 aliphatic carbocycles. The molecule has 2 aromatic rings. The van der Waals surface area contributed by atoms with Crippen molar-refractivity contribution in [2.45, 2.75) is 19.4 Å². The normalized spacial score (nSPS) is 12.2. The van der Waals surface area contributed by atoms with Gasteiger partial charge in [-0.1, -0.05) is 31.2 Å². The number of benzene rings is 1. The van der Waals surface area contributed by atoms with Gasteiger partial charge in [0.1, 0.15) is 5.75 Å². The number of methoxy groups -OCH3 is 1. The molecule has 1 aromatic carbocycles. The molecule has 0 amide bonds. The summed E-state index contributed by atoms with van der Waals surface area (Å²) in [7, 11) is 1.66. The zero-order valence-corrected chi connectivity index (χ0v) is 10.8. The van der Waals surface area contributed by atoms with Crippen LogP contribution in [0.5, 0.6) is 5.75 Å². The fourth-order valence-electron chi connectivity index (χ4n) is 2.10. The van der Waals surface area contributed by atoms with Crippen LogP contribution in [0.2, 0.25) is 0 Å². The first-order chi connectivity index (χ1) is 8.77. The first-order valence-electron chi connectivity index (χ1n) is 6.10. The summed E-state index contributed by atoms with van der Waals surface area (Å²) in [6.07, 6.45) is 2.70. The van der Waals surface area contributed by atoms with Crippen LogP contribution in [0, 0.1) is 0 Å². The third kappa shape index (κ3) is 2.36. The Morgan fingerprint density at radius 3 is 2.72 bits per heavy atom. The number of hydrogen-bond acceptors (Lipinski definition) is 3. The molecule has 3 heteroatoms. The van der Waals surface area contributed by atoms with Gasteiger partial charge in [0.25, 0.3) is 0 Å². The zero-order chi connectivity index (χ0) is 13.0. The molecule has 0 saturated carbocycles. The van der Waals surface area contributed by atoms with E-state index in [1.165, 1.54) is 5.56 Å². The number of pyridine rings is 1. The number of ether oxygens (including phenoxy) is 1. The van der Waals surface area contributed by atoms with E-state index in [-0.39, 0.29) is 6.04 Å². The number of nitrogens with two attached hydrogens (primary N) is 1. The van der Waals surface area contributed by atoms with Crippen molar-refractivity contribution in [1.82, 2.24) is 4.98 Å². The van der Waals surface area contributed by atoms with Crippen molar-refractivity contribution >= 4 is 0 Å². The van der Waals surface area contributed by atoms with Gasteiger partial charge in [-0.25, -0.2) is 0 Å². The molecular weight excluding hydrogens is 224 g/mol. The lowest BCUT2D eigenvalue weighted by Crippen LogP contribution is -2.16. The van der Waals surface area contributed by atoms with E-state index in [1.807, 2.05) is 30.3 Å². The van der Waals surface area contributed by atoms with Crippen molar-refractivity contribution in [3.05, 3.63) is 59.4 Å². The van der Waals surface area contributed by atoms with Crippen LogP contribution in [0.1, 0.15) is 29.8 Å². The van der Waals surface area contributed by atoms with E-state index in [0.717, 1.165) is 23.4 Å². The Labute approximate surface area is 108 Å². The van der Waals surface area contributed by atoms with Gasteiger partial charge in [0.05, 0.1) is 18.8 Å². The molecule has 1 heterocycles. The quantitative estimate of drug-likeness (QED) is 0.896. The van der Waals surface area contributed by atoms with Crippen LogP contribution in [-0.2, 0) is 6.42 Å². The molecule has 0 spiro atoms. The molecule has 1 unspecified atom stereocenters. The van der Waals surface area contributed by atoms with Crippen molar-refractivity contribution in [2.24, 2.45) is 5.73 Å². The van der Waals surface area contributed by atoms with Crippen LogP contribution in [0.3, 0.4) is 0 Å². The van der Waals surface area contributed by atoms with Gasteiger partial charge in [-0.2, -0.15) is 0 Å². The first kappa shape index (κ1) is 12.6. The third-order valence-electron chi connectivity index (χ3n) is 3.08. The highest BCUT2D eigenvalue weighted by molar-refractivity contribution is 5.41. The van der Waals surface area contributed by atoms with Crippen LogP contribution < -0.4 is 10.5 Å². The summed E-state index contributed by atoms with van der Waals surface area (Å²) in [5.41, 5.74) is 9.39. The summed E-state index contributed by atoms with van der Waals surface area (Å²) in [5.74, 6) is 0.803. The van der Waals surface area contributed by atoms with Crippen molar-refractivity contribution in [3.8, 4) is 5.75 Å². The van der Waals surface area contributed by atoms with Gasteiger partial charge in [-0.15, -0.1) is 0 Å². The Kier molecular flexibility index (Phi) is 3.95. The van der Waals surface area contributed by atoms with E-state index >= 15 is 0 Å². The predicted molar refractivity (Wildman–Crippen MR) is 72.6 cm³/mol. The first-order valence-corrected chi connectivity index (χ1v) is 6.10. The summed E-state index contributed by atoms with van der Waals surface area (Å²) >= 11 is 0. The Balaban J connectivity index is 2.44. The van der Waals surface area contributed by atoms with E-state index in [2.05, 4.69) is 18.0 Å². The Hall–Kier alpha value is -1.87. The van der Waals surface area contributed by atoms with Gasteiger partial charge in [0, 0.05) is 11.8 Å². The van der Waals surface area contributed by atoms with Gasteiger partial charge in [-0.3, -0.25) is 4.98 Å². The molecule has 2 rings (SSSR count). The van der Waals surface area contributed by atoms with E-state index < -0.39 is 0 Å². The number of para-hydroxylation sites is 1. The minimum absolute atomic E-state index is 0.253. The topological polar surface area (TPSA) is 48.1 Å². The van der Waals surface area contributed by atoms with E-state index in [1.54, 1.807) is 13.3 Å². The highest BCUT2D eigenvalue weighted by Gasteiger charge is 2.17. The molecular formula is C15H18N2O. The molecule has 1 aromatic heterocycles. The van der Waals surface area contributed by atoms with E-state index in [0.29, 0.717) is 0 Å². The maximum Gasteiger partial charge on any atom is 0.124 e. The molecule has 0 fully saturated rings. The molecule has 0 aliphatic heterocycles. The predicted octanol–water partition coefficient (Wildman–Crippen LogP) is 2.70. The summed E-state index contributed by atoms with van der Waals surface area (Å²) in [6, 6.07) is 11.6. The number of nitrogens with zero attached hydrogens (tertiary/aromatic N) is 1. The SMILES string of the molecule is CCc1cccnc1C(N)c1ccccc1OC.